The highest BCUT2D eigenvalue weighted by molar-refractivity contribution is 5.83. The lowest BCUT2D eigenvalue weighted by molar-refractivity contribution is -0.157. The van der Waals surface area contributed by atoms with Crippen LogP contribution in [0.3, 0.4) is 0 Å². The topological polar surface area (TPSA) is 61.4 Å². The van der Waals surface area contributed by atoms with Crippen LogP contribution in [-0.2, 0) is 4.79 Å². The Hall–Kier alpha value is -1.73. The number of halogens is 3. The van der Waals surface area contributed by atoms with Crippen LogP contribution in [0.15, 0.2) is 12.2 Å². The van der Waals surface area contributed by atoms with Crippen molar-refractivity contribution in [2.45, 2.75) is 25.4 Å². The number of carbonyl (C=O) groups is 2. The van der Waals surface area contributed by atoms with Gasteiger partial charge in [0.25, 0.3) is 0 Å². The summed E-state index contributed by atoms with van der Waals surface area (Å²) in [5, 5.41) is 4.88. The standard InChI is InChI=1S/C13H20F3N3O2/c1-19(9-13(14,15)16)11(20)8-18-12(21)17-7-10-5-3-2-4-6-10/h2-3,10H,4-9H2,1H3,(H2,17,18,21)/t10-/m0/s1. The molecule has 0 fully saturated rings. The molecule has 0 unspecified atom stereocenters. The Morgan fingerprint density at radius 3 is 2.57 bits per heavy atom. The van der Waals surface area contributed by atoms with E-state index in [1.165, 1.54) is 0 Å². The normalized spacial score (nSPS) is 18.2. The number of hydrogen-bond donors (Lipinski definition) is 2. The third-order valence-corrected chi connectivity index (χ3v) is 3.17. The van der Waals surface area contributed by atoms with Crippen LogP contribution in [0, 0.1) is 5.92 Å². The summed E-state index contributed by atoms with van der Waals surface area (Å²) in [4.78, 5) is 23.4. The molecule has 5 nitrogen and oxygen atoms in total. The molecule has 0 bridgehead atoms. The molecule has 120 valence electrons. The van der Waals surface area contributed by atoms with Crippen molar-refractivity contribution >= 4 is 11.9 Å². The third kappa shape index (κ3) is 7.57. The second-order valence-electron chi connectivity index (χ2n) is 5.08. The van der Waals surface area contributed by atoms with Crippen LogP contribution in [0.25, 0.3) is 0 Å². The zero-order valence-electron chi connectivity index (χ0n) is 11.9. The van der Waals surface area contributed by atoms with Gasteiger partial charge in [-0.25, -0.2) is 4.79 Å². The molecule has 21 heavy (non-hydrogen) atoms. The Bertz CT molecular complexity index is 397. The van der Waals surface area contributed by atoms with E-state index in [0.717, 1.165) is 26.3 Å². The van der Waals surface area contributed by atoms with Crippen LogP contribution in [0.5, 0.6) is 0 Å². The van der Waals surface area contributed by atoms with Crippen LogP contribution < -0.4 is 10.6 Å². The van der Waals surface area contributed by atoms with Crippen molar-refractivity contribution in [3.05, 3.63) is 12.2 Å². The Labute approximate surface area is 121 Å². The van der Waals surface area contributed by atoms with E-state index in [9.17, 15) is 22.8 Å². The van der Waals surface area contributed by atoms with E-state index in [-0.39, 0.29) is 0 Å². The average Bonchev–Trinajstić information content (AvgIpc) is 2.41. The van der Waals surface area contributed by atoms with Crippen molar-refractivity contribution in [3.63, 3.8) is 0 Å². The summed E-state index contributed by atoms with van der Waals surface area (Å²) in [6, 6.07) is -0.543. The van der Waals surface area contributed by atoms with Gasteiger partial charge in [-0.05, 0) is 25.2 Å². The molecule has 0 heterocycles. The fraction of sp³-hybridized carbons (Fsp3) is 0.692. The van der Waals surface area contributed by atoms with Crippen molar-refractivity contribution in [1.29, 1.82) is 0 Å². The number of carbonyl (C=O) groups excluding carboxylic acids is 2. The first-order valence-corrected chi connectivity index (χ1v) is 6.75. The molecule has 0 aromatic heterocycles. The van der Waals surface area contributed by atoms with Crippen LogP contribution in [-0.4, -0.2) is 49.7 Å². The molecule has 0 spiro atoms. The maximum atomic E-state index is 12.1. The molecule has 1 aliphatic rings. The molecular formula is C13H20F3N3O2. The monoisotopic (exact) mass is 307 g/mol. The Morgan fingerprint density at radius 2 is 2.00 bits per heavy atom. The molecule has 1 rings (SSSR count). The van der Waals surface area contributed by atoms with Crippen molar-refractivity contribution in [3.8, 4) is 0 Å². The first-order valence-electron chi connectivity index (χ1n) is 6.75. The summed E-state index contributed by atoms with van der Waals surface area (Å²) in [5.74, 6) is -0.424. The van der Waals surface area contributed by atoms with Gasteiger partial charge in [-0.15, -0.1) is 0 Å². The van der Waals surface area contributed by atoms with Crippen molar-refractivity contribution in [1.82, 2.24) is 15.5 Å². The van der Waals surface area contributed by atoms with Gasteiger partial charge < -0.3 is 15.5 Å². The zero-order chi connectivity index (χ0) is 15.9. The number of alkyl halides is 3. The molecule has 8 heteroatoms. The van der Waals surface area contributed by atoms with E-state index in [4.69, 9.17) is 0 Å². The van der Waals surface area contributed by atoms with E-state index >= 15 is 0 Å². The van der Waals surface area contributed by atoms with Gasteiger partial charge >= 0.3 is 12.2 Å². The Balaban J connectivity index is 2.19. The predicted molar refractivity (Wildman–Crippen MR) is 71.6 cm³/mol. The van der Waals surface area contributed by atoms with Gasteiger partial charge in [0.05, 0.1) is 6.54 Å². The van der Waals surface area contributed by atoms with Gasteiger partial charge in [-0.3, -0.25) is 4.79 Å². The summed E-state index contributed by atoms with van der Waals surface area (Å²) < 4.78 is 36.3. The molecule has 1 atom stereocenters. The third-order valence-electron chi connectivity index (χ3n) is 3.17. The number of allylic oxidation sites excluding steroid dienone is 2. The summed E-state index contributed by atoms with van der Waals surface area (Å²) in [7, 11) is 1.05. The number of nitrogens with one attached hydrogen (secondary N) is 2. The summed E-state index contributed by atoms with van der Waals surface area (Å²) >= 11 is 0. The van der Waals surface area contributed by atoms with E-state index in [1.54, 1.807) is 0 Å². The summed E-state index contributed by atoms with van der Waals surface area (Å²) in [5.41, 5.74) is 0. The minimum absolute atomic E-state index is 0.365. The number of rotatable bonds is 5. The van der Waals surface area contributed by atoms with E-state index in [1.807, 2.05) is 0 Å². The van der Waals surface area contributed by atoms with Gasteiger partial charge in [0.15, 0.2) is 0 Å². The minimum Gasteiger partial charge on any atom is -0.338 e. The SMILES string of the molecule is CN(CC(F)(F)F)C(=O)CNC(=O)NC[C@H]1CC=CCC1. The predicted octanol–water partition coefficient (Wildman–Crippen LogP) is 1.66. The first kappa shape index (κ1) is 17.3. The average molecular weight is 307 g/mol. The van der Waals surface area contributed by atoms with Gasteiger partial charge in [0.2, 0.25) is 5.91 Å². The number of hydrogen-bond acceptors (Lipinski definition) is 2. The van der Waals surface area contributed by atoms with Crippen LogP contribution >= 0.6 is 0 Å². The molecule has 3 amide bonds. The lowest BCUT2D eigenvalue weighted by Crippen LogP contribution is -2.45. The van der Waals surface area contributed by atoms with Crippen LogP contribution in [0.1, 0.15) is 19.3 Å². The molecule has 0 aliphatic heterocycles. The highest BCUT2D eigenvalue weighted by Crippen LogP contribution is 2.17. The van der Waals surface area contributed by atoms with E-state index in [2.05, 4.69) is 22.8 Å². The molecular weight excluding hydrogens is 287 g/mol. The minimum atomic E-state index is -4.44. The van der Waals surface area contributed by atoms with E-state index < -0.39 is 31.2 Å². The maximum absolute atomic E-state index is 12.1. The quantitative estimate of drug-likeness (QED) is 0.759. The van der Waals surface area contributed by atoms with Crippen molar-refractivity contribution in [2.24, 2.45) is 5.92 Å². The van der Waals surface area contributed by atoms with Gasteiger partial charge in [-0.2, -0.15) is 13.2 Å². The lowest BCUT2D eigenvalue weighted by Gasteiger charge is -2.20. The fourth-order valence-electron chi connectivity index (χ4n) is 1.99. The van der Waals surface area contributed by atoms with Crippen molar-refractivity contribution < 1.29 is 22.8 Å². The fourth-order valence-corrected chi connectivity index (χ4v) is 1.99. The molecule has 0 aromatic carbocycles. The number of amides is 3. The Morgan fingerprint density at radius 1 is 1.29 bits per heavy atom. The lowest BCUT2D eigenvalue weighted by atomic mass is 9.94. The van der Waals surface area contributed by atoms with Gasteiger partial charge in [0, 0.05) is 13.6 Å². The molecule has 2 N–H and O–H groups in total. The van der Waals surface area contributed by atoms with Gasteiger partial charge in [-0.1, -0.05) is 12.2 Å². The molecule has 0 aromatic rings. The number of urea groups is 1. The molecule has 0 saturated heterocycles. The smallest absolute Gasteiger partial charge is 0.338 e. The highest BCUT2D eigenvalue weighted by Gasteiger charge is 2.31. The Kier molecular flexibility index (Phi) is 6.51. The second kappa shape index (κ2) is 7.90. The summed E-state index contributed by atoms with van der Waals surface area (Å²) in [6.07, 6.45) is 2.57. The molecule has 0 saturated carbocycles. The highest BCUT2D eigenvalue weighted by atomic mass is 19.4. The molecule has 0 radical (unpaired) electrons. The summed E-state index contributed by atoms with van der Waals surface area (Å²) in [6.45, 7) is -1.30. The largest absolute Gasteiger partial charge is 0.406 e. The van der Waals surface area contributed by atoms with Crippen LogP contribution in [0.2, 0.25) is 0 Å². The van der Waals surface area contributed by atoms with Gasteiger partial charge in [0.1, 0.15) is 6.54 Å². The first-order chi connectivity index (χ1) is 9.78. The van der Waals surface area contributed by atoms with Crippen molar-refractivity contribution in [2.75, 3.05) is 26.7 Å². The van der Waals surface area contributed by atoms with E-state index in [0.29, 0.717) is 17.4 Å². The number of nitrogens with zero attached hydrogens (tertiary/aromatic N) is 1. The molecule has 1 aliphatic carbocycles. The maximum Gasteiger partial charge on any atom is 0.406 e. The number of likely N-dealkylation sites (N-methyl/N-ethyl adjacent to an activating group) is 1. The van der Waals surface area contributed by atoms with Crippen LogP contribution in [0.4, 0.5) is 18.0 Å². The zero-order valence-corrected chi connectivity index (χ0v) is 11.9. The second-order valence-corrected chi connectivity index (χ2v) is 5.08.